The van der Waals surface area contributed by atoms with Crippen LogP contribution in [0.1, 0.15) is 29.9 Å². The molecule has 6 heteroatoms. The van der Waals surface area contributed by atoms with Gasteiger partial charge in [0.15, 0.2) is 12.4 Å². The molecule has 0 bridgehead atoms. The number of anilines is 1. The minimum Gasteiger partial charge on any atom is -0.453 e. The first-order valence-corrected chi connectivity index (χ1v) is 8.55. The lowest BCUT2D eigenvalue weighted by Gasteiger charge is -2.23. The van der Waals surface area contributed by atoms with Crippen LogP contribution in [0.3, 0.4) is 0 Å². The number of ketones is 1. The zero-order valence-electron chi connectivity index (χ0n) is 14.8. The Labute approximate surface area is 157 Å². The van der Waals surface area contributed by atoms with E-state index in [0.717, 1.165) is 16.9 Å². The van der Waals surface area contributed by atoms with Gasteiger partial charge in [-0.05, 0) is 23.8 Å². The van der Waals surface area contributed by atoms with Crippen molar-refractivity contribution in [2.75, 3.05) is 18.6 Å². The molecule has 0 saturated heterocycles. The molecule has 1 aromatic heterocycles. The number of allylic oxidation sites excluding steroid dienone is 1. The van der Waals surface area contributed by atoms with Crippen molar-refractivity contribution in [2.45, 2.75) is 19.3 Å². The van der Waals surface area contributed by atoms with Crippen LogP contribution >= 0.6 is 11.6 Å². The smallest absolute Gasteiger partial charge is 0.357 e. The topological polar surface area (TPSA) is 59.5 Å². The summed E-state index contributed by atoms with van der Waals surface area (Å²) >= 11 is 5.83. The van der Waals surface area contributed by atoms with Gasteiger partial charge in [0.1, 0.15) is 5.69 Å². The first-order chi connectivity index (χ1) is 12.3. The number of rotatable bonds is 4. The summed E-state index contributed by atoms with van der Waals surface area (Å²) in [5.74, 6) is -0.968. The zero-order chi connectivity index (χ0) is 18.9. The Hall–Kier alpha value is -2.66. The number of esters is 1. The molecule has 0 spiro atoms. The van der Waals surface area contributed by atoms with Gasteiger partial charge >= 0.3 is 5.97 Å². The Morgan fingerprint density at radius 2 is 2.00 bits per heavy atom. The third-order valence-electron chi connectivity index (χ3n) is 4.51. The number of benzene rings is 1. The molecule has 0 N–H and O–H groups in total. The summed E-state index contributed by atoms with van der Waals surface area (Å²) in [6.07, 6.45) is 2.95. The molecule has 0 saturated carbocycles. The monoisotopic (exact) mass is 370 g/mol. The highest BCUT2D eigenvalue weighted by molar-refractivity contribution is 6.30. The molecule has 134 valence electrons. The molecule has 2 heterocycles. The summed E-state index contributed by atoms with van der Waals surface area (Å²) in [5.41, 5.74) is 2.85. The van der Waals surface area contributed by atoms with E-state index >= 15 is 0 Å². The molecule has 5 nitrogen and oxygen atoms in total. The third kappa shape index (κ3) is 3.35. The SMILES string of the molecule is CN1/C(=C\C(=O)COC(=O)c2cc(Cl)ccn2)C(C)(C)c2ccccc21. The van der Waals surface area contributed by atoms with Crippen LogP contribution in [0, 0.1) is 0 Å². The van der Waals surface area contributed by atoms with Gasteiger partial charge in [-0.15, -0.1) is 0 Å². The Balaban J connectivity index is 1.72. The van der Waals surface area contributed by atoms with Crippen LogP contribution in [0.25, 0.3) is 0 Å². The summed E-state index contributed by atoms with van der Waals surface area (Å²) in [7, 11) is 1.93. The lowest BCUT2D eigenvalue weighted by Crippen LogP contribution is -2.25. The average molecular weight is 371 g/mol. The van der Waals surface area contributed by atoms with Crippen LogP contribution < -0.4 is 4.90 Å². The molecule has 0 aliphatic carbocycles. The highest BCUT2D eigenvalue weighted by atomic mass is 35.5. The van der Waals surface area contributed by atoms with E-state index in [1.165, 1.54) is 12.3 Å². The second kappa shape index (κ2) is 6.92. The van der Waals surface area contributed by atoms with Gasteiger partial charge in [-0.2, -0.15) is 0 Å². The van der Waals surface area contributed by atoms with E-state index in [-0.39, 0.29) is 23.5 Å². The van der Waals surface area contributed by atoms with Crippen molar-refractivity contribution >= 4 is 29.0 Å². The van der Waals surface area contributed by atoms with Crippen molar-refractivity contribution in [3.63, 3.8) is 0 Å². The van der Waals surface area contributed by atoms with E-state index in [2.05, 4.69) is 24.9 Å². The molecule has 0 unspecified atom stereocenters. The normalized spacial score (nSPS) is 16.5. The number of carbonyl (C=O) groups excluding carboxylic acids is 2. The minimum atomic E-state index is -0.679. The third-order valence-corrected chi connectivity index (χ3v) is 4.75. The average Bonchev–Trinajstić information content (AvgIpc) is 2.81. The fraction of sp³-hybridized carbons (Fsp3) is 0.250. The van der Waals surface area contributed by atoms with E-state index in [0.29, 0.717) is 5.02 Å². The number of likely N-dealkylation sites (N-methyl/N-ethyl adjacent to an activating group) is 1. The molecule has 0 amide bonds. The van der Waals surface area contributed by atoms with E-state index in [4.69, 9.17) is 16.3 Å². The number of hydrogen-bond donors (Lipinski definition) is 0. The summed E-state index contributed by atoms with van der Waals surface area (Å²) < 4.78 is 5.06. The molecule has 1 aliphatic rings. The van der Waals surface area contributed by atoms with Gasteiger partial charge in [0, 0.05) is 41.1 Å². The van der Waals surface area contributed by atoms with Gasteiger partial charge in [-0.3, -0.25) is 4.79 Å². The number of fused-ring (bicyclic) bond motifs is 1. The first-order valence-electron chi connectivity index (χ1n) is 8.17. The summed E-state index contributed by atoms with van der Waals surface area (Å²) in [6, 6.07) is 11.0. The number of aromatic nitrogens is 1. The van der Waals surface area contributed by atoms with E-state index < -0.39 is 5.97 Å². The van der Waals surface area contributed by atoms with Gasteiger partial charge in [0.25, 0.3) is 0 Å². The molecule has 1 aliphatic heterocycles. The lowest BCUT2D eigenvalue weighted by molar-refractivity contribution is -0.117. The Kier molecular flexibility index (Phi) is 4.83. The standard InChI is InChI=1S/C20H19ClN2O3/c1-20(2)15-6-4-5-7-17(15)23(3)18(20)11-14(24)12-26-19(25)16-10-13(21)8-9-22-16/h4-11H,12H2,1-3H3/b18-11-. The Bertz CT molecular complexity index is 905. The van der Waals surface area contributed by atoms with Gasteiger partial charge in [-0.25, -0.2) is 9.78 Å². The van der Waals surface area contributed by atoms with E-state index in [1.54, 1.807) is 12.1 Å². The van der Waals surface area contributed by atoms with Crippen molar-refractivity contribution in [1.82, 2.24) is 4.98 Å². The van der Waals surface area contributed by atoms with Crippen molar-refractivity contribution in [3.05, 3.63) is 70.6 Å². The van der Waals surface area contributed by atoms with Gasteiger partial charge in [0.05, 0.1) is 0 Å². The predicted molar refractivity (Wildman–Crippen MR) is 100 cm³/mol. The fourth-order valence-electron chi connectivity index (χ4n) is 3.18. The molecular weight excluding hydrogens is 352 g/mol. The highest BCUT2D eigenvalue weighted by Crippen LogP contribution is 2.46. The summed E-state index contributed by atoms with van der Waals surface area (Å²) in [4.78, 5) is 30.2. The van der Waals surface area contributed by atoms with Crippen LogP contribution in [-0.4, -0.2) is 30.4 Å². The van der Waals surface area contributed by atoms with Crippen LogP contribution in [0.2, 0.25) is 5.02 Å². The molecule has 26 heavy (non-hydrogen) atoms. The van der Waals surface area contributed by atoms with E-state index in [9.17, 15) is 9.59 Å². The Morgan fingerprint density at radius 1 is 1.27 bits per heavy atom. The highest BCUT2D eigenvalue weighted by Gasteiger charge is 2.38. The van der Waals surface area contributed by atoms with Crippen molar-refractivity contribution in [1.29, 1.82) is 0 Å². The summed E-state index contributed by atoms with van der Waals surface area (Å²) in [6.45, 7) is 3.78. The van der Waals surface area contributed by atoms with Gasteiger partial charge < -0.3 is 9.64 Å². The number of halogens is 1. The van der Waals surface area contributed by atoms with Crippen LogP contribution in [-0.2, 0) is 14.9 Å². The molecule has 0 atom stereocenters. The maximum absolute atomic E-state index is 12.4. The maximum atomic E-state index is 12.4. The van der Waals surface area contributed by atoms with Crippen molar-refractivity contribution < 1.29 is 14.3 Å². The fourth-order valence-corrected chi connectivity index (χ4v) is 3.34. The number of para-hydroxylation sites is 1. The molecule has 1 aromatic carbocycles. The van der Waals surface area contributed by atoms with Crippen LogP contribution in [0.4, 0.5) is 5.69 Å². The zero-order valence-corrected chi connectivity index (χ0v) is 15.6. The number of pyridine rings is 1. The van der Waals surface area contributed by atoms with Crippen LogP contribution in [0.15, 0.2) is 54.4 Å². The Morgan fingerprint density at radius 3 is 2.69 bits per heavy atom. The van der Waals surface area contributed by atoms with Crippen molar-refractivity contribution in [2.24, 2.45) is 0 Å². The quantitative estimate of drug-likeness (QED) is 0.605. The molecule has 3 rings (SSSR count). The number of nitrogens with zero attached hydrogens (tertiary/aromatic N) is 2. The second-order valence-electron chi connectivity index (χ2n) is 6.63. The minimum absolute atomic E-state index is 0.0728. The molecular formula is C20H19ClN2O3. The summed E-state index contributed by atoms with van der Waals surface area (Å²) in [5, 5.41) is 0.382. The first kappa shape index (κ1) is 18.1. The second-order valence-corrected chi connectivity index (χ2v) is 7.07. The van der Waals surface area contributed by atoms with E-state index in [1.807, 2.05) is 30.1 Å². The van der Waals surface area contributed by atoms with Crippen molar-refractivity contribution in [3.8, 4) is 0 Å². The largest absolute Gasteiger partial charge is 0.453 e. The molecule has 0 fully saturated rings. The number of hydrogen-bond acceptors (Lipinski definition) is 5. The lowest BCUT2D eigenvalue weighted by atomic mass is 9.83. The number of carbonyl (C=O) groups is 2. The molecule has 0 radical (unpaired) electrons. The van der Waals surface area contributed by atoms with Crippen LogP contribution in [0.5, 0.6) is 0 Å². The van der Waals surface area contributed by atoms with Gasteiger partial charge in [-0.1, -0.05) is 43.6 Å². The van der Waals surface area contributed by atoms with Gasteiger partial charge in [0.2, 0.25) is 0 Å². The predicted octanol–water partition coefficient (Wildman–Crippen LogP) is 3.77. The maximum Gasteiger partial charge on any atom is 0.357 e. The molecule has 2 aromatic rings. The number of ether oxygens (including phenoxy) is 1.